The van der Waals surface area contributed by atoms with Crippen molar-refractivity contribution in [3.63, 3.8) is 0 Å². The SMILES string of the molecule is O=CC(COc1ccc(CC2SC(=O)NC2=O)cc1)c1ccc(OC(F)(F)F)cc1. The molecule has 2 aromatic carbocycles. The zero-order chi connectivity index (χ0) is 21.7. The number of aldehydes is 1. The van der Waals surface area contributed by atoms with Crippen LogP contribution in [0, 0.1) is 0 Å². The lowest BCUT2D eigenvalue weighted by molar-refractivity contribution is -0.274. The van der Waals surface area contributed by atoms with Gasteiger partial charge in [-0.1, -0.05) is 36.0 Å². The molecule has 1 aliphatic rings. The normalized spacial score (nSPS) is 17.4. The Morgan fingerprint density at radius 2 is 1.67 bits per heavy atom. The van der Waals surface area contributed by atoms with Crippen molar-refractivity contribution in [3.05, 3.63) is 59.7 Å². The lowest BCUT2D eigenvalue weighted by atomic mass is 10.0. The van der Waals surface area contributed by atoms with Gasteiger partial charge in [0.15, 0.2) is 0 Å². The maximum Gasteiger partial charge on any atom is 0.573 e. The molecule has 3 rings (SSSR count). The van der Waals surface area contributed by atoms with E-state index < -0.39 is 17.5 Å². The summed E-state index contributed by atoms with van der Waals surface area (Å²) in [5, 5.41) is 1.41. The summed E-state index contributed by atoms with van der Waals surface area (Å²) in [5.74, 6) is -0.870. The number of carbonyl (C=O) groups is 3. The highest BCUT2D eigenvalue weighted by molar-refractivity contribution is 8.15. The molecule has 0 spiro atoms. The van der Waals surface area contributed by atoms with E-state index in [4.69, 9.17) is 4.74 Å². The molecule has 2 amide bonds. The lowest BCUT2D eigenvalue weighted by Gasteiger charge is -2.14. The first-order valence-corrected chi connectivity index (χ1v) is 9.65. The number of thioether (sulfide) groups is 1. The summed E-state index contributed by atoms with van der Waals surface area (Å²) in [5.41, 5.74) is 1.34. The van der Waals surface area contributed by atoms with Crippen LogP contribution in [0.3, 0.4) is 0 Å². The number of hydrogen-bond donors (Lipinski definition) is 1. The summed E-state index contributed by atoms with van der Waals surface area (Å²) >= 11 is 0.950. The van der Waals surface area contributed by atoms with E-state index in [9.17, 15) is 27.6 Å². The van der Waals surface area contributed by atoms with Crippen LogP contribution in [0.15, 0.2) is 48.5 Å². The molecule has 0 aliphatic carbocycles. The predicted octanol–water partition coefficient (Wildman–Crippen LogP) is 3.84. The van der Waals surface area contributed by atoms with Crippen molar-refractivity contribution in [2.24, 2.45) is 0 Å². The first-order valence-electron chi connectivity index (χ1n) is 8.78. The van der Waals surface area contributed by atoms with Crippen molar-refractivity contribution in [1.29, 1.82) is 0 Å². The monoisotopic (exact) mass is 439 g/mol. The van der Waals surface area contributed by atoms with Gasteiger partial charge in [0.1, 0.15) is 24.4 Å². The van der Waals surface area contributed by atoms with Crippen LogP contribution in [0.5, 0.6) is 11.5 Å². The molecule has 2 aromatic rings. The van der Waals surface area contributed by atoms with Gasteiger partial charge in [0.2, 0.25) is 5.91 Å². The van der Waals surface area contributed by atoms with Gasteiger partial charge >= 0.3 is 6.36 Å². The van der Waals surface area contributed by atoms with Gasteiger partial charge in [-0.15, -0.1) is 13.2 Å². The molecule has 30 heavy (non-hydrogen) atoms. The van der Waals surface area contributed by atoms with E-state index in [0.29, 0.717) is 24.0 Å². The molecule has 10 heteroatoms. The molecule has 0 bridgehead atoms. The Kier molecular flexibility index (Phi) is 6.66. The number of carbonyl (C=O) groups excluding carboxylic acids is 3. The number of halogens is 3. The smallest absolute Gasteiger partial charge is 0.493 e. The summed E-state index contributed by atoms with van der Waals surface area (Å²) in [4.78, 5) is 34.2. The molecule has 1 heterocycles. The summed E-state index contributed by atoms with van der Waals surface area (Å²) in [6, 6.07) is 11.9. The third kappa shape index (κ3) is 5.99. The zero-order valence-electron chi connectivity index (χ0n) is 15.3. The van der Waals surface area contributed by atoms with Crippen molar-refractivity contribution >= 4 is 29.2 Å². The molecule has 2 atom stereocenters. The molecular weight excluding hydrogens is 423 g/mol. The topological polar surface area (TPSA) is 81.7 Å². The number of ether oxygens (including phenoxy) is 2. The molecule has 6 nitrogen and oxygen atoms in total. The minimum absolute atomic E-state index is 0.00228. The third-order valence-corrected chi connectivity index (χ3v) is 5.23. The van der Waals surface area contributed by atoms with Crippen LogP contribution in [-0.2, 0) is 16.0 Å². The van der Waals surface area contributed by atoms with Crippen molar-refractivity contribution in [2.75, 3.05) is 6.61 Å². The molecule has 1 N–H and O–H groups in total. The van der Waals surface area contributed by atoms with E-state index >= 15 is 0 Å². The van der Waals surface area contributed by atoms with E-state index in [1.165, 1.54) is 12.1 Å². The molecule has 1 saturated heterocycles. The molecule has 2 unspecified atom stereocenters. The Hall–Kier alpha value is -3.01. The number of benzene rings is 2. The van der Waals surface area contributed by atoms with Gasteiger partial charge in [-0.25, -0.2) is 0 Å². The molecule has 0 radical (unpaired) electrons. The largest absolute Gasteiger partial charge is 0.573 e. The van der Waals surface area contributed by atoms with Crippen LogP contribution in [-0.4, -0.2) is 35.7 Å². The van der Waals surface area contributed by atoms with Gasteiger partial charge in [0, 0.05) is 0 Å². The Bertz CT molecular complexity index is 916. The van der Waals surface area contributed by atoms with E-state index in [1.807, 2.05) is 0 Å². The number of hydrogen-bond acceptors (Lipinski definition) is 6. The molecule has 158 valence electrons. The first kappa shape index (κ1) is 21.7. The van der Waals surface area contributed by atoms with Gasteiger partial charge in [-0.2, -0.15) is 0 Å². The summed E-state index contributed by atoms with van der Waals surface area (Å²) in [6.45, 7) is -0.00228. The fourth-order valence-corrected chi connectivity index (χ4v) is 3.64. The Morgan fingerprint density at radius 1 is 1.03 bits per heavy atom. The van der Waals surface area contributed by atoms with Crippen molar-refractivity contribution in [2.45, 2.75) is 24.0 Å². The standard InChI is InChI=1S/C20H16F3NO5S/c21-20(22,23)29-16-7-3-13(4-8-16)14(10-25)11-28-15-5-1-12(2-6-15)9-17-18(26)24-19(27)30-17/h1-8,10,14,17H,9,11H2,(H,24,26,27). The number of imide groups is 1. The quantitative estimate of drug-likeness (QED) is 0.630. The summed E-state index contributed by atoms with van der Waals surface area (Å²) in [6.07, 6.45) is -3.73. The van der Waals surface area contributed by atoms with Crippen molar-refractivity contribution in [1.82, 2.24) is 5.32 Å². The van der Waals surface area contributed by atoms with E-state index in [1.54, 1.807) is 24.3 Å². The van der Waals surface area contributed by atoms with E-state index in [0.717, 1.165) is 29.5 Å². The second-order valence-electron chi connectivity index (χ2n) is 6.40. The molecule has 1 fully saturated rings. The highest BCUT2D eigenvalue weighted by Crippen LogP contribution is 2.26. The number of nitrogens with one attached hydrogen (secondary N) is 1. The minimum Gasteiger partial charge on any atom is -0.493 e. The number of amides is 2. The van der Waals surface area contributed by atoms with Crippen LogP contribution in [0.25, 0.3) is 0 Å². The highest BCUT2D eigenvalue weighted by atomic mass is 32.2. The molecule has 0 aromatic heterocycles. The van der Waals surface area contributed by atoms with Crippen molar-refractivity contribution in [3.8, 4) is 11.5 Å². The highest BCUT2D eigenvalue weighted by Gasteiger charge is 2.32. The lowest BCUT2D eigenvalue weighted by Crippen LogP contribution is -2.25. The third-order valence-electron chi connectivity index (χ3n) is 4.25. The Balaban J connectivity index is 1.55. The second kappa shape index (κ2) is 9.21. The molecule has 1 aliphatic heterocycles. The minimum atomic E-state index is -4.78. The number of rotatable bonds is 8. The van der Waals surface area contributed by atoms with Gasteiger partial charge in [-0.3, -0.25) is 14.9 Å². The van der Waals surface area contributed by atoms with Gasteiger partial charge in [0.25, 0.3) is 5.24 Å². The summed E-state index contributed by atoms with van der Waals surface area (Å²) < 4.78 is 46.1. The van der Waals surface area contributed by atoms with E-state index in [2.05, 4.69) is 10.1 Å². The average molecular weight is 439 g/mol. The van der Waals surface area contributed by atoms with Gasteiger partial charge < -0.3 is 14.3 Å². The van der Waals surface area contributed by atoms with Crippen LogP contribution in [0.1, 0.15) is 17.0 Å². The fraction of sp³-hybridized carbons (Fsp3) is 0.250. The fourth-order valence-electron chi connectivity index (χ4n) is 2.78. The Morgan fingerprint density at radius 3 is 2.20 bits per heavy atom. The van der Waals surface area contributed by atoms with Gasteiger partial charge in [0.05, 0.1) is 11.2 Å². The maximum absolute atomic E-state index is 12.2. The second-order valence-corrected chi connectivity index (χ2v) is 7.58. The van der Waals surface area contributed by atoms with Crippen molar-refractivity contribution < 1.29 is 37.0 Å². The Labute approximate surface area is 173 Å². The van der Waals surface area contributed by atoms with Crippen LogP contribution >= 0.6 is 11.8 Å². The van der Waals surface area contributed by atoms with Crippen LogP contribution in [0.2, 0.25) is 0 Å². The van der Waals surface area contributed by atoms with Crippen LogP contribution < -0.4 is 14.8 Å². The van der Waals surface area contributed by atoms with Crippen LogP contribution in [0.4, 0.5) is 18.0 Å². The first-order chi connectivity index (χ1) is 14.2. The molecule has 0 saturated carbocycles. The molecular formula is C20H16F3NO5S. The van der Waals surface area contributed by atoms with Gasteiger partial charge in [-0.05, 0) is 41.8 Å². The predicted molar refractivity (Wildman–Crippen MR) is 102 cm³/mol. The van der Waals surface area contributed by atoms with E-state index in [-0.39, 0.29) is 23.5 Å². The average Bonchev–Trinajstić information content (AvgIpc) is 3.00. The number of alkyl halides is 3. The summed E-state index contributed by atoms with van der Waals surface area (Å²) in [7, 11) is 0. The zero-order valence-corrected chi connectivity index (χ0v) is 16.2. The maximum atomic E-state index is 12.2.